The van der Waals surface area contributed by atoms with Gasteiger partial charge in [0.1, 0.15) is 0 Å². The highest BCUT2D eigenvalue weighted by Gasteiger charge is 2.85. The zero-order chi connectivity index (χ0) is 35.7. The van der Waals surface area contributed by atoms with Crippen molar-refractivity contribution in [2.45, 2.75) is 208 Å². The van der Waals surface area contributed by atoms with Gasteiger partial charge in [-0.3, -0.25) is 0 Å². The zero-order valence-electron chi connectivity index (χ0n) is 35.5. The second-order valence-electron chi connectivity index (χ2n) is 24.1. The van der Waals surface area contributed by atoms with Crippen LogP contribution in [0.4, 0.5) is 0 Å². The molecule has 0 radical (unpaired) electrons. The summed E-state index contributed by atoms with van der Waals surface area (Å²) in [4.78, 5) is 0. The second kappa shape index (κ2) is 11.2. The van der Waals surface area contributed by atoms with E-state index in [1.54, 1.807) is 0 Å². The lowest BCUT2D eigenvalue weighted by molar-refractivity contribution is 0.635. The number of hydrogen-bond acceptors (Lipinski definition) is 0. The van der Waals surface area contributed by atoms with Crippen LogP contribution in [0, 0.1) is 0 Å². The van der Waals surface area contributed by atoms with Crippen molar-refractivity contribution in [3.63, 3.8) is 0 Å². The summed E-state index contributed by atoms with van der Waals surface area (Å²) in [5.41, 5.74) is 0. The Hall–Kier alpha value is 2.39. The zero-order valence-corrected chi connectivity index (χ0v) is 46.5. The Kier molecular flexibility index (Phi) is 11.3. The third-order valence-electron chi connectivity index (χ3n) is 14.4. The van der Waals surface area contributed by atoms with Crippen LogP contribution in [-0.2, 0) is 0 Å². The molecule has 0 spiro atoms. The van der Waals surface area contributed by atoms with Crippen LogP contribution in [0.1, 0.15) is 83.1 Å². The van der Waals surface area contributed by atoms with Gasteiger partial charge in [-0.2, -0.15) is 0 Å². The average molecular weight is 778 g/mol. The molecule has 0 saturated heterocycles. The van der Waals surface area contributed by atoms with Gasteiger partial charge in [0.15, 0.2) is 0 Å². The van der Waals surface area contributed by atoms with Crippen LogP contribution in [0.25, 0.3) is 0 Å². The van der Waals surface area contributed by atoms with E-state index in [2.05, 4.69) is 188 Å². The highest BCUT2D eigenvalue weighted by molar-refractivity contribution is 8.35. The molecule has 1 heterocycles. The lowest BCUT2D eigenvalue weighted by atomic mass is 10.2. The van der Waals surface area contributed by atoms with Crippen molar-refractivity contribution in [3.8, 4) is 0 Å². The first-order valence-electron chi connectivity index (χ1n) is 17.8. The number of rotatable bonds is 6. The highest BCUT2D eigenvalue weighted by Crippen LogP contribution is 2.63. The normalized spacial score (nSPS) is 21.5. The molecular weight excluding hydrogens is 693 g/mol. The average Bonchev–Trinajstić information content (AvgIpc) is 2.83. The van der Waals surface area contributed by atoms with E-state index in [4.69, 9.17) is 0 Å². The summed E-state index contributed by atoms with van der Waals surface area (Å²) >= 11 is 0. The molecule has 0 aromatic rings. The van der Waals surface area contributed by atoms with Crippen LogP contribution in [0.3, 0.4) is 0 Å². The standard InChI is InChI=1S/C32H84Si11/c1-29(2,3)40(27,30(4,5)6)33-34(41(28,31(7,8)9)32(10,11)12)43(37(19,20)21,38(22,23)24)39(25,26)42(33,35(13,14)15)36(16,17)18/h1-28H3. The van der Waals surface area contributed by atoms with Crippen LogP contribution >= 0.6 is 0 Å². The summed E-state index contributed by atoms with van der Waals surface area (Å²) in [6.45, 7) is 81.7. The summed E-state index contributed by atoms with van der Waals surface area (Å²) in [7, 11) is -11.2. The third-order valence-corrected chi connectivity index (χ3v) is 327. The molecule has 0 N–H and O–H groups in total. The van der Waals surface area contributed by atoms with Crippen LogP contribution in [0.15, 0.2) is 0 Å². The predicted octanol–water partition coefficient (Wildman–Crippen LogP) is 12.2. The molecule has 1 aliphatic rings. The van der Waals surface area contributed by atoms with Crippen molar-refractivity contribution >= 4 is 78.8 Å². The van der Waals surface area contributed by atoms with E-state index < -0.39 is 78.8 Å². The van der Waals surface area contributed by atoms with Crippen LogP contribution in [0.2, 0.25) is 125 Å². The van der Waals surface area contributed by atoms with Gasteiger partial charge in [-0.1, -0.05) is 188 Å². The molecule has 256 valence electrons. The van der Waals surface area contributed by atoms with E-state index in [0.717, 1.165) is 0 Å². The maximum absolute atomic E-state index is 3.26. The molecule has 11 heteroatoms. The molecule has 0 saturated carbocycles. The molecule has 0 nitrogen and oxygen atoms in total. The van der Waals surface area contributed by atoms with Crippen molar-refractivity contribution in [3.05, 3.63) is 0 Å². The van der Waals surface area contributed by atoms with E-state index in [0.29, 0.717) is 20.2 Å². The summed E-state index contributed by atoms with van der Waals surface area (Å²) in [6, 6.07) is 0. The lowest BCUT2D eigenvalue weighted by Crippen LogP contribution is -2.98. The van der Waals surface area contributed by atoms with Gasteiger partial charge >= 0.3 is 0 Å². The van der Waals surface area contributed by atoms with Gasteiger partial charge in [0.25, 0.3) is 0 Å². The van der Waals surface area contributed by atoms with Gasteiger partial charge in [0, 0.05) is 49.8 Å². The molecule has 1 aliphatic heterocycles. The van der Waals surface area contributed by atoms with Crippen LogP contribution in [0.5, 0.6) is 0 Å². The first-order chi connectivity index (χ1) is 18.0. The maximum Gasteiger partial charge on any atom is 0.0630 e. The van der Waals surface area contributed by atoms with Crippen LogP contribution in [-0.4, -0.2) is 78.8 Å². The molecule has 0 atom stereocenters. The van der Waals surface area contributed by atoms with Gasteiger partial charge in [0.2, 0.25) is 0 Å². The fourth-order valence-corrected chi connectivity index (χ4v) is 703. The maximum atomic E-state index is 3.26. The number of hydrogen-bond donors (Lipinski definition) is 0. The minimum atomic E-state index is -1.81. The van der Waals surface area contributed by atoms with Gasteiger partial charge in [-0.05, 0) is 34.0 Å². The molecular formula is C32H84Si11. The molecule has 0 aromatic carbocycles. The molecule has 0 aromatic heterocycles. The summed E-state index contributed by atoms with van der Waals surface area (Å²) in [5.74, 6) is 0. The summed E-state index contributed by atoms with van der Waals surface area (Å²) in [5, 5.41) is 1.86. The Morgan fingerprint density at radius 3 is 0.558 bits per heavy atom. The Balaban J connectivity index is 5.66. The van der Waals surface area contributed by atoms with Crippen molar-refractivity contribution in [2.75, 3.05) is 0 Å². The Bertz CT molecular complexity index is 950. The van der Waals surface area contributed by atoms with Crippen molar-refractivity contribution in [1.29, 1.82) is 0 Å². The topological polar surface area (TPSA) is 0 Å². The van der Waals surface area contributed by atoms with Gasteiger partial charge < -0.3 is 0 Å². The largest absolute Gasteiger partial charge is 0.0739 e. The lowest BCUT2D eigenvalue weighted by Gasteiger charge is -2.68. The first-order valence-corrected chi connectivity index (χ1v) is 57.8. The third kappa shape index (κ3) is 5.50. The van der Waals surface area contributed by atoms with Gasteiger partial charge in [0.05, 0.1) is 15.2 Å². The molecule has 0 bridgehead atoms. The van der Waals surface area contributed by atoms with E-state index in [1.807, 2.05) is 0 Å². The quantitative estimate of drug-likeness (QED) is 0.236. The van der Waals surface area contributed by atoms with Crippen molar-refractivity contribution in [1.82, 2.24) is 0 Å². The molecule has 0 unspecified atom stereocenters. The molecule has 0 aliphatic carbocycles. The van der Waals surface area contributed by atoms with E-state index in [9.17, 15) is 0 Å². The van der Waals surface area contributed by atoms with Gasteiger partial charge in [-0.25, -0.2) is 0 Å². The smallest absolute Gasteiger partial charge is 0.0630 e. The van der Waals surface area contributed by atoms with Gasteiger partial charge in [-0.15, -0.1) is 0 Å². The highest BCUT2D eigenvalue weighted by atomic mass is 30.6. The fourth-order valence-electron chi connectivity index (χ4n) is 13.8. The minimum absolute atomic E-state index is 0.464. The monoisotopic (exact) mass is 776 g/mol. The summed E-state index contributed by atoms with van der Waals surface area (Å²) < 4.78 is 0. The minimum Gasteiger partial charge on any atom is -0.0739 e. The molecule has 0 amide bonds. The first kappa shape index (κ1) is 43.4. The molecule has 0 fully saturated rings. The van der Waals surface area contributed by atoms with E-state index in [-0.39, 0.29) is 0 Å². The molecule has 43 heavy (non-hydrogen) atoms. The van der Waals surface area contributed by atoms with Crippen molar-refractivity contribution < 1.29 is 0 Å². The molecule has 1 rings (SSSR count). The predicted molar refractivity (Wildman–Crippen MR) is 236 cm³/mol. The van der Waals surface area contributed by atoms with E-state index in [1.165, 1.54) is 0 Å². The van der Waals surface area contributed by atoms with Crippen molar-refractivity contribution in [2.24, 2.45) is 0 Å². The second-order valence-corrected chi connectivity index (χ2v) is 147. The Labute approximate surface area is 284 Å². The SMILES string of the molecule is CC(C)(C)[Si](C)([Si]1=[Si]([Si](C)(C(C)(C)C)C(C)(C)C)[Si]([Si](C)(C)C)([Si](C)(C)C)[Si](C)(C)[Si]1([Si](C)(C)C)[Si](C)(C)C)C(C)(C)C. The Morgan fingerprint density at radius 1 is 0.326 bits per heavy atom. The van der Waals surface area contributed by atoms with Crippen LogP contribution < -0.4 is 0 Å². The summed E-state index contributed by atoms with van der Waals surface area (Å²) in [6.07, 6.45) is -3.28. The Morgan fingerprint density at radius 2 is 0.465 bits per heavy atom. The van der Waals surface area contributed by atoms with E-state index >= 15 is 0 Å². The fraction of sp³-hybridized carbons (Fsp3) is 1.00.